The number of aryl methyl sites for hydroxylation is 1. The van der Waals surface area contributed by atoms with Crippen molar-refractivity contribution in [2.24, 2.45) is 5.92 Å². The number of nitrogens with zero attached hydrogens (tertiary/aromatic N) is 3. The summed E-state index contributed by atoms with van der Waals surface area (Å²) in [6, 6.07) is 6.59. The van der Waals surface area contributed by atoms with Crippen LogP contribution in [-0.2, 0) is 11.0 Å². The maximum absolute atomic E-state index is 13.9. The van der Waals surface area contributed by atoms with Gasteiger partial charge in [0.25, 0.3) is 5.91 Å². The number of hydrogen-bond acceptors (Lipinski definition) is 3. The third-order valence-corrected chi connectivity index (χ3v) is 5.84. The zero-order chi connectivity index (χ0) is 23.3. The van der Waals surface area contributed by atoms with Gasteiger partial charge in [-0.15, -0.1) is 0 Å². The van der Waals surface area contributed by atoms with Crippen molar-refractivity contribution in [3.05, 3.63) is 47.3 Å². The van der Waals surface area contributed by atoms with E-state index in [1.54, 1.807) is 25.1 Å². The van der Waals surface area contributed by atoms with Crippen LogP contribution in [0.4, 0.5) is 13.2 Å². The molecule has 0 unspecified atom stereocenters. The molecule has 2 amide bonds. The van der Waals surface area contributed by atoms with Gasteiger partial charge in [-0.25, -0.2) is 4.68 Å². The Hall–Kier alpha value is -2.84. The van der Waals surface area contributed by atoms with Crippen LogP contribution in [0.1, 0.15) is 60.6 Å². The Morgan fingerprint density at radius 1 is 1.16 bits per heavy atom. The van der Waals surface area contributed by atoms with Crippen LogP contribution in [0.15, 0.2) is 30.5 Å². The summed E-state index contributed by atoms with van der Waals surface area (Å²) < 4.78 is 42.6. The van der Waals surface area contributed by atoms with Gasteiger partial charge in [0.1, 0.15) is 0 Å². The van der Waals surface area contributed by atoms with E-state index in [2.05, 4.69) is 17.3 Å². The zero-order valence-corrected chi connectivity index (χ0v) is 18.4. The van der Waals surface area contributed by atoms with E-state index in [0.29, 0.717) is 24.9 Å². The number of unbranched alkanes of at least 4 members (excludes halogenated alkanes) is 2. The minimum Gasteiger partial charge on any atom is -0.356 e. The van der Waals surface area contributed by atoms with Crippen LogP contribution < -0.4 is 5.32 Å². The van der Waals surface area contributed by atoms with Crippen LogP contribution in [-0.4, -0.2) is 46.1 Å². The zero-order valence-electron chi connectivity index (χ0n) is 18.4. The molecule has 0 spiro atoms. The van der Waals surface area contributed by atoms with Crippen molar-refractivity contribution < 1.29 is 22.8 Å². The van der Waals surface area contributed by atoms with Gasteiger partial charge in [-0.3, -0.25) is 9.59 Å². The fraction of sp³-hybridized carbons (Fsp3) is 0.522. The van der Waals surface area contributed by atoms with Gasteiger partial charge in [-0.1, -0.05) is 38.0 Å². The maximum atomic E-state index is 13.9. The SMILES string of the molecule is CCCCCNC(=O)C1CCN(C(=O)c2cnn(-c3ccccc3C)c2C(F)(F)F)CC1. The second kappa shape index (κ2) is 10.2. The van der Waals surface area contributed by atoms with Gasteiger partial charge in [0.15, 0.2) is 5.69 Å². The third kappa shape index (κ3) is 5.31. The van der Waals surface area contributed by atoms with Gasteiger partial charge < -0.3 is 10.2 Å². The molecular weight excluding hydrogens is 421 g/mol. The Morgan fingerprint density at radius 3 is 2.47 bits per heavy atom. The fourth-order valence-corrected chi connectivity index (χ4v) is 4.01. The summed E-state index contributed by atoms with van der Waals surface area (Å²) >= 11 is 0. The van der Waals surface area contributed by atoms with Gasteiger partial charge in [0, 0.05) is 25.6 Å². The quantitative estimate of drug-likeness (QED) is 0.638. The molecule has 9 heteroatoms. The molecule has 1 aliphatic rings. The summed E-state index contributed by atoms with van der Waals surface area (Å²) in [5.74, 6) is -0.979. The highest BCUT2D eigenvalue weighted by atomic mass is 19.4. The number of para-hydroxylation sites is 1. The number of carbonyl (C=O) groups excluding carboxylic acids is 2. The second-order valence-corrected chi connectivity index (χ2v) is 8.17. The van der Waals surface area contributed by atoms with Crippen LogP contribution in [0.5, 0.6) is 0 Å². The van der Waals surface area contributed by atoms with Gasteiger partial charge in [-0.05, 0) is 37.8 Å². The lowest BCUT2D eigenvalue weighted by molar-refractivity contribution is -0.143. The molecule has 1 N–H and O–H groups in total. The minimum absolute atomic E-state index is 0.0449. The highest BCUT2D eigenvalue weighted by Crippen LogP contribution is 2.35. The van der Waals surface area contributed by atoms with Gasteiger partial charge in [0.2, 0.25) is 5.91 Å². The van der Waals surface area contributed by atoms with Crippen LogP contribution in [0.2, 0.25) is 0 Å². The van der Waals surface area contributed by atoms with Gasteiger partial charge in [-0.2, -0.15) is 18.3 Å². The van der Waals surface area contributed by atoms with Crippen LogP contribution in [0.25, 0.3) is 5.69 Å². The van der Waals surface area contributed by atoms with E-state index >= 15 is 0 Å². The van der Waals surface area contributed by atoms with Crippen molar-refractivity contribution in [1.29, 1.82) is 0 Å². The first-order valence-corrected chi connectivity index (χ1v) is 11.0. The first kappa shape index (κ1) is 23.8. The molecule has 1 fully saturated rings. The predicted octanol–water partition coefficient (Wildman–Crippen LogP) is 4.36. The van der Waals surface area contributed by atoms with Gasteiger partial charge in [0.05, 0.1) is 17.4 Å². The molecule has 2 aromatic rings. The first-order chi connectivity index (χ1) is 15.2. The van der Waals surface area contributed by atoms with Crippen molar-refractivity contribution in [3.8, 4) is 5.69 Å². The maximum Gasteiger partial charge on any atom is 0.434 e. The van der Waals surface area contributed by atoms with Crippen LogP contribution in [0, 0.1) is 12.8 Å². The lowest BCUT2D eigenvalue weighted by Gasteiger charge is -2.31. The lowest BCUT2D eigenvalue weighted by Crippen LogP contribution is -2.43. The summed E-state index contributed by atoms with van der Waals surface area (Å²) in [6.45, 7) is 4.87. The molecular formula is C23H29F3N4O2. The minimum atomic E-state index is -4.75. The highest BCUT2D eigenvalue weighted by molar-refractivity contribution is 5.95. The normalized spacial score (nSPS) is 15.1. The number of piperidine rings is 1. The molecule has 174 valence electrons. The molecule has 1 saturated heterocycles. The molecule has 1 aromatic carbocycles. The molecule has 0 saturated carbocycles. The van der Waals surface area contributed by atoms with E-state index in [4.69, 9.17) is 0 Å². The largest absolute Gasteiger partial charge is 0.434 e. The van der Waals surface area contributed by atoms with E-state index in [1.165, 1.54) is 11.0 Å². The number of benzene rings is 1. The second-order valence-electron chi connectivity index (χ2n) is 8.17. The van der Waals surface area contributed by atoms with E-state index < -0.39 is 23.3 Å². The van der Waals surface area contributed by atoms with E-state index in [1.807, 2.05) is 0 Å². The summed E-state index contributed by atoms with van der Waals surface area (Å²) in [7, 11) is 0. The van der Waals surface area contributed by atoms with Crippen molar-refractivity contribution >= 4 is 11.8 Å². The highest BCUT2D eigenvalue weighted by Gasteiger charge is 2.42. The summed E-state index contributed by atoms with van der Waals surface area (Å²) in [5, 5.41) is 6.82. The molecule has 6 nitrogen and oxygen atoms in total. The summed E-state index contributed by atoms with van der Waals surface area (Å²) in [6.07, 6.45) is 0.133. The molecule has 32 heavy (non-hydrogen) atoms. The molecule has 0 bridgehead atoms. The Bertz CT molecular complexity index is 947. The van der Waals surface area contributed by atoms with Crippen LogP contribution in [0.3, 0.4) is 0 Å². The lowest BCUT2D eigenvalue weighted by atomic mass is 9.95. The average Bonchev–Trinajstić information content (AvgIpc) is 3.22. The van der Waals surface area contributed by atoms with Crippen molar-refractivity contribution in [2.75, 3.05) is 19.6 Å². The average molecular weight is 451 g/mol. The number of likely N-dealkylation sites (tertiary alicyclic amines) is 1. The molecule has 3 rings (SSSR count). The number of halogens is 3. The molecule has 1 aromatic heterocycles. The Kier molecular flexibility index (Phi) is 7.58. The summed E-state index contributed by atoms with van der Waals surface area (Å²) in [5.41, 5.74) is -0.654. The predicted molar refractivity (Wildman–Crippen MR) is 114 cm³/mol. The topological polar surface area (TPSA) is 67.2 Å². The Morgan fingerprint density at radius 2 is 1.84 bits per heavy atom. The number of carbonyl (C=O) groups is 2. The molecule has 0 aliphatic carbocycles. The number of nitrogens with one attached hydrogen (secondary N) is 1. The molecule has 2 heterocycles. The third-order valence-electron chi connectivity index (χ3n) is 5.84. The smallest absolute Gasteiger partial charge is 0.356 e. The number of amides is 2. The van der Waals surface area contributed by atoms with Gasteiger partial charge >= 0.3 is 6.18 Å². The standard InChI is InChI=1S/C23H29F3N4O2/c1-3-4-7-12-27-21(31)17-10-13-29(14-11-17)22(32)18-15-28-30(20(18)23(24,25)26)19-9-6-5-8-16(19)2/h5-6,8-9,15,17H,3-4,7,10-14H2,1-2H3,(H,27,31). The molecule has 0 radical (unpaired) electrons. The van der Waals surface area contributed by atoms with Crippen LogP contribution >= 0.6 is 0 Å². The van der Waals surface area contributed by atoms with E-state index in [0.717, 1.165) is 30.1 Å². The van der Waals surface area contributed by atoms with Crippen molar-refractivity contribution in [3.63, 3.8) is 0 Å². The Balaban J connectivity index is 1.72. The number of aromatic nitrogens is 2. The number of hydrogen-bond donors (Lipinski definition) is 1. The first-order valence-electron chi connectivity index (χ1n) is 11.0. The van der Waals surface area contributed by atoms with Crippen molar-refractivity contribution in [1.82, 2.24) is 20.0 Å². The van der Waals surface area contributed by atoms with E-state index in [9.17, 15) is 22.8 Å². The Labute approximate surface area is 185 Å². The summed E-state index contributed by atoms with van der Waals surface area (Å²) in [4.78, 5) is 26.7. The molecule has 1 aliphatic heterocycles. The van der Waals surface area contributed by atoms with E-state index in [-0.39, 0.29) is 30.6 Å². The monoisotopic (exact) mass is 450 g/mol. The van der Waals surface area contributed by atoms with Crippen molar-refractivity contribution in [2.45, 2.75) is 52.1 Å². The number of alkyl halides is 3. The fourth-order valence-electron chi connectivity index (χ4n) is 4.01. The number of rotatable bonds is 7. The molecule has 0 atom stereocenters.